The van der Waals surface area contributed by atoms with E-state index >= 15 is 0 Å². The van der Waals surface area contributed by atoms with E-state index in [1.807, 2.05) is 49.2 Å². The molecule has 6 heteroatoms. The van der Waals surface area contributed by atoms with Gasteiger partial charge in [-0.05, 0) is 25.1 Å². The van der Waals surface area contributed by atoms with Crippen molar-refractivity contribution in [2.75, 3.05) is 19.1 Å². The Labute approximate surface area is 122 Å². The molecule has 0 aliphatic rings. The molecular formula is C15H15N5O. The fraction of sp³-hybridized carbons (Fsp3) is 0.200. The van der Waals surface area contributed by atoms with Gasteiger partial charge in [-0.15, -0.1) is 10.2 Å². The molecule has 0 N–H and O–H groups in total. The van der Waals surface area contributed by atoms with Crippen molar-refractivity contribution in [2.24, 2.45) is 0 Å². The predicted molar refractivity (Wildman–Crippen MR) is 80.9 cm³/mol. The topological polar surface area (TPSA) is 64.0 Å². The maximum absolute atomic E-state index is 5.03. The molecule has 3 rings (SSSR count). The van der Waals surface area contributed by atoms with Crippen molar-refractivity contribution in [2.45, 2.75) is 6.92 Å². The van der Waals surface area contributed by atoms with Gasteiger partial charge in [0.05, 0.1) is 12.6 Å². The summed E-state index contributed by atoms with van der Waals surface area (Å²) in [4.78, 5) is 10.9. The minimum absolute atomic E-state index is 0.482. The molecule has 0 unspecified atom stereocenters. The smallest absolute Gasteiger partial charge is 0.233 e. The number of aryl methyl sites for hydroxylation is 1. The van der Waals surface area contributed by atoms with Crippen molar-refractivity contribution in [1.82, 2.24) is 20.2 Å². The van der Waals surface area contributed by atoms with E-state index in [4.69, 9.17) is 4.74 Å². The summed E-state index contributed by atoms with van der Waals surface area (Å²) in [7, 11) is 3.47. The third-order valence-electron chi connectivity index (χ3n) is 3.19. The molecule has 21 heavy (non-hydrogen) atoms. The van der Waals surface area contributed by atoms with Crippen LogP contribution in [0.15, 0.2) is 36.4 Å². The molecule has 106 valence electrons. The van der Waals surface area contributed by atoms with E-state index in [0.717, 1.165) is 22.5 Å². The Morgan fingerprint density at radius 3 is 2.52 bits per heavy atom. The second kappa shape index (κ2) is 5.32. The predicted octanol–water partition coefficient (Wildman–Crippen LogP) is 2.50. The molecule has 0 saturated carbocycles. The number of anilines is 2. The normalized spacial score (nSPS) is 10.6. The van der Waals surface area contributed by atoms with Crippen molar-refractivity contribution in [3.63, 3.8) is 0 Å². The van der Waals surface area contributed by atoms with Crippen LogP contribution in [-0.4, -0.2) is 34.3 Å². The summed E-state index contributed by atoms with van der Waals surface area (Å²) in [6.45, 7) is 1.88. The summed E-state index contributed by atoms with van der Waals surface area (Å²) in [5, 5.41) is 9.12. The maximum Gasteiger partial charge on any atom is 0.233 e. The van der Waals surface area contributed by atoms with Crippen molar-refractivity contribution >= 4 is 22.5 Å². The Bertz CT molecular complexity index is 773. The third kappa shape index (κ3) is 2.47. The lowest BCUT2D eigenvalue weighted by Gasteiger charge is -2.18. The number of methoxy groups -OCH3 is 1. The number of rotatable bonds is 3. The third-order valence-corrected chi connectivity index (χ3v) is 3.19. The molecule has 0 aliphatic carbocycles. The fourth-order valence-electron chi connectivity index (χ4n) is 2.14. The largest absolute Gasteiger partial charge is 0.480 e. The SMILES string of the molecule is COc1ccc(N(C)c2nc(C)nc3ccccc23)nn1. The molecule has 0 bridgehead atoms. The first-order valence-electron chi connectivity index (χ1n) is 6.54. The Hall–Kier alpha value is -2.76. The molecule has 0 radical (unpaired) electrons. The van der Waals surface area contributed by atoms with Gasteiger partial charge >= 0.3 is 0 Å². The number of aromatic nitrogens is 4. The molecule has 0 spiro atoms. The van der Waals surface area contributed by atoms with Gasteiger partial charge in [0.25, 0.3) is 0 Å². The summed E-state index contributed by atoms with van der Waals surface area (Å²) in [6.07, 6.45) is 0. The molecule has 0 amide bonds. The first-order valence-corrected chi connectivity index (χ1v) is 6.54. The Morgan fingerprint density at radius 1 is 1.00 bits per heavy atom. The Morgan fingerprint density at radius 2 is 1.81 bits per heavy atom. The van der Waals surface area contributed by atoms with Gasteiger partial charge in [-0.25, -0.2) is 9.97 Å². The van der Waals surface area contributed by atoms with Gasteiger partial charge in [0, 0.05) is 18.5 Å². The van der Waals surface area contributed by atoms with Crippen LogP contribution in [0.1, 0.15) is 5.82 Å². The van der Waals surface area contributed by atoms with Crippen LogP contribution in [0, 0.1) is 6.92 Å². The van der Waals surface area contributed by atoms with Crippen LogP contribution in [0.3, 0.4) is 0 Å². The van der Waals surface area contributed by atoms with Gasteiger partial charge in [-0.1, -0.05) is 12.1 Å². The molecular weight excluding hydrogens is 266 g/mol. The molecule has 0 atom stereocenters. The van der Waals surface area contributed by atoms with Crippen molar-refractivity contribution < 1.29 is 4.74 Å². The summed E-state index contributed by atoms with van der Waals surface area (Å²) in [6, 6.07) is 11.5. The summed E-state index contributed by atoms with van der Waals surface area (Å²) in [5.41, 5.74) is 0.910. The fourth-order valence-corrected chi connectivity index (χ4v) is 2.14. The number of benzene rings is 1. The number of fused-ring (bicyclic) bond motifs is 1. The highest BCUT2D eigenvalue weighted by Gasteiger charge is 2.13. The zero-order chi connectivity index (χ0) is 14.8. The van der Waals surface area contributed by atoms with E-state index in [9.17, 15) is 0 Å². The quantitative estimate of drug-likeness (QED) is 0.735. The van der Waals surface area contributed by atoms with Crippen LogP contribution < -0.4 is 9.64 Å². The second-order valence-corrected chi connectivity index (χ2v) is 4.60. The van der Waals surface area contributed by atoms with E-state index in [1.165, 1.54) is 0 Å². The van der Waals surface area contributed by atoms with E-state index in [1.54, 1.807) is 13.2 Å². The lowest BCUT2D eigenvalue weighted by atomic mass is 10.2. The minimum Gasteiger partial charge on any atom is -0.480 e. The Kier molecular flexibility index (Phi) is 3.35. The summed E-state index contributed by atoms with van der Waals surface area (Å²) >= 11 is 0. The lowest BCUT2D eigenvalue weighted by molar-refractivity contribution is 0.392. The molecule has 1 aromatic carbocycles. The first-order chi connectivity index (χ1) is 10.2. The molecule has 2 heterocycles. The second-order valence-electron chi connectivity index (χ2n) is 4.60. The van der Waals surface area contributed by atoms with Crippen molar-refractivity contribution in [3.8, 4) is 5.88 Å². The van der Waals surface area contributed by atoms with Crippen molar-refractivity contribution in [1.29, 1.82) is 0 Å². The highest BCUT2D eigenvalue weighted by molar-refractivity contribution is 5.91. The molecule has 6 nitrogen and oxygen atoms in total. The highest BCUT2D eigenvalue weighted by Crippen LogP contribution is 2.27. The van der Waals surface area contributed by atoms with Gasteiger partial charge in [0.1, 0.15) is 11.6 Å². The van der Waals surface area contributed by atoms with Gasteiger partial charge < -0.3 is 9.64 Å². The summed E-state index contributed by atoms with van der Waals surface area (Å²) < 4.78 is 5.03. The van der Waals surface area contributed by atoms with E-state index in [0.29, 0.717) is 11.7 Å². The average molecular weight is 281 g/mol. The zero-order valence-electron chi connectivity index (χ0n) is 12.1. The lowest BCUT2D eigenvalue weighted by Crippen LogP contribution is -2.15. The van der Waals surface area contributed by atoms with Crippen LogP contribution in [0.2, 0.25) is 0 Å². The maximum atomic E-state index is 5.03. The van der Waals surface area contributed by atoms with Crippen molar-refractivity contribution in [3.05, 3.63) is 42.2 Å². The van der Waals surface area contributed by atoms with E-state index in [-0.39, 0.29) is 0 Å². The number of para-hydroxylation sites is 1. The van der Waals surface area contributed by atoms with Gasteiger partial charge in [-0.3, -0.25) is 0 Å². The number of ether oxygens (including phenoxy) is 1. The van der Waals surface area contributed by atoms with E-state index < -0.39 is 0 Å². The Balaban J connectivity index is 2.09. The first kappa shape index (κ1) is 13.2. The number of hydrogen-bond donors (Lipinski definition) is 0. The van der Waals surface area contributed by atoms with Crippen LogP contribution >= 0.6 is 0 Å². The van der Waals surface area contributed by atoms with Gasteiger partial charge in [-0.2, -0.15) is 0 Å². The monoisotopic (exact) mass is 281 g/mol. The van der Waals surface area contributed by atoms with E-state index in [2.05, 4.69) is 20.2 Å². The van der Waals surface area contributed by atoms with Gasteiger partial charge in [0.15, 0.2) is 5.82 Å². The molecule has 2 aromatic heterocycles. The van der Waals surface area contributed by atoms with Gasteiger partial charge in [0.2, 0.25) is 5.88 Å². The van der Waals surface area contributed by atoms with Crippen LogP contribution in [-0.2, 0) is 0 Å². The van der Waals surface area contributed by atoms with Crippen LogP contribution in [0.25, 0.3) is 10.9 Å². The zero-order valence-corrected chi connectivity index (χ0v) is 12.1. The van der Waals surface area contributed by atoms with Crippen LogP contribution in [0.5, 0.6) is 5.88 Å². The van der Waals surface area contributed by atoms with Crippen LogP contribution in [0.4, 0.5) is 11.6 Å². The average Bonchev–Trinajstić information content (AvgIpc) is 2.53. The summed E-state index contributed by atoms with van der Waals surface area (Å²) in [5.74, 6) is 2.70. The molecule has 0 saturated heterocycles. The molecule has 0 fully saturated rings. The molecule has 0 aliphatic heterocycles. The molecule has 3 aromatic rings. The number of nitrogens with zero attached hydrogens (tertiary/aromatic N) is 5. The standard InChI is InChI=1S/C15H15N5O/c1-10-16-12-7-5-4-6-11(12)15(17-10)20(2)13-8-9-14(21-3)19-18-13/h4-9H,1-3H3. The highest BCUT2D eigenvalue weighted by atomic mass is 16.5. The number of hydrogen-bond acceptors (Lipinski definition) is 6. The minimum atomic E-state index is 0.482.